The highest BCUT2D eigenvalue weighted by Gasteiger charge is 2.58. The molecule has 4 aliphatic rings. The number of piperidine rings is 1. The van der Waals surface area contributed by atoms with Crippen LogP contribution in [0.2, 0.25) is 0 Å². The third kappa shape index (κ3) is 4.29. The third-order valence-corrected chi connectivity index (χ3v) is 10.7. The zero-order valence-electron chi connectivity index (χ0n) is 21.1. The van der Waals surface area contributed by atoms with E-state index in [0.717, 1.165) is 56.3 Å². The van der Waals surface area contributed by atoms with E-state index in [1.807, 2.05) is 6.07 Å². The van der Waals surface area contributed by atoms with Crippen molar-refractivity contribution in [1.82, 2.24) is 9.88 Å². The first kappa shape index (κ1) is 24.4. The Hall–Kier alpha value is -1.90. The van der Waals surface area contributed by atoms with Gasteiger partial charge in [-0.3, -0.25) is 4.79 Å². The first-order valence-electron chi connectivity index (χ1n) is 13.7. The van der Waals surface area contributed by atoms with Crippen LogP contribution in [-0.4, -0.2) is 53.9 Å². The van der Waals surface area contributed by atoms with Gasteiger partial charge in [-0.1, -0.05) is 30.3 Å². The summed E-state index contributed by atoms with van der Waals surface area (Å²) in [4.78, 5) is 22.7. The van der Waals surface area contributed by atoms with Gasteiger partial charge in [0.25, 0.3) is 0 Å². The monoisotopic (exact) mass is 516 g/mol. The summed E-state index contributed by atoms with van der Waals surface area (Å²) in [5.74, 6) is -1.84. The second-order valence-electron chi connectivity index (χ2n) is 11.6. The van der Waals surface area contributed by atoms with Crippen molar-refractivity contribution in [3.63, 3.8) is 0 Å². The van der Waals surface area contributed by atoms with Crippen LogP contribution in [0.3, 0.4) is 0 Å². The molecule has 194 valence electrons. The number of halogens is 2. The number of fused-ring (bicyclic) bond motifs is 2. The van der Waals surface area contributed by atoms with Gasteiger partial charge >= 0.3 is 0 Å². The molecule has 5 nitrogen and oxygen atoms in total. The van der Waals surface area contributed by atoms with E-state index in [1.165, 1.54) is 10.4 Å². The van der Waals surface area contributed by atoms with Gasteiger partial charge in [-0.15, -0.1) is 11.3 Å². The minimum atomic E-state index is -2.55. The highest BCUT2D eigenvalue weighted by Crippen LogP contribution is 2.45. The van der Waals surface area contributed by atoms with E-state index in [4.69, 9.17) is 4.98 Å². The molecule has 1 aromatic carbocycles. The van der Waals surface area contributed by atoms with Crippen molar-refractivity contribution in [1.29, 1.82) is 0 Å². The largest absolute Gasteiger partial charge is 0.345 e. The Morgan fingerprint density at radius 3 is 2.64 bits per heavy atom. The predicted molar refractivity (Wildman–Crippen MR) is 135 cm³/mol. The van der Waals surface area contributed by atoms with Crippen LogP contribution in [0.25, 0.3) is 0 Å². The summed E-state index contributed by atoms with van der Waals surface area (Å²) in [7, 11) is 0. The lowest BCUT2D eigenvalue weighted by Crippen LogP contribution is -2.91. The molecule has 1 amide bonds. The highest BCUT2D eigenvalue weighted by atomic mass is 32.1. The van der Waals surface area contributed by atoms with Crippen LogP contribution >= 0.6 is 11.3 Å². The Morgan fingerprint density at radius 2 is 1.86 bits per heavy atom. The zero-order valence-corrected chi connectivity index (χ0v) is 21.9. The van der Waals surface area contributed by atoms with E-state index in [-0.39, 0.29) is 42.0 Å². The van der Waals surface area contributed by atoms with Crippen molar-refractivity contribution in [2.45, 2.75) is 75.3 Å². The smallest absolute Gasteiger partial charge is 0.248 e. The van der Waals surface area contributed by atoms with Gasteiger partial charge in [0, 0.05) is 25.4 Å². The maximum atomic E-state index is 14.4. The first-order valence-corrected chi connectivity index (χ1v) is 14.5. The van der Waals surface area contributed by atoms with Crippen LogP contribution in [-0.2, 0) is 16.8 Å². The molecule has 1 aliphatic carbocycles. The highest BCUT2D eigenvalue weighted by molar-refractivity contribution is 7.11. The first-order chi connectivity index (χ1) is 17.4. The van der Waals surface area contributed by atoms with E-state index in [1.54, 1.807) is 11.3 Å². The number of alkyl halides is 2. The lowest BCUT2D eigenvalue weighted by atomic mass is 9.71. The van der Waals surface area contributed by atoms with Crippen molar-refractivity contribution in [3.8, 4) is 0 Å². The summed E-state index contributed by atoms with van der Waals surface area (Å²) in [5, 5.41) is 5.72. The van der Waals surface area contributed by atoms with Gasteiger partial charge in [0.1, 0.15) is 23.6 Å². The minimum Gasteiger partial charge on any atom is -0.345 e. The Bertz CT molecular complexity index is 1100. The molecule has 8 heteroatoms. The van der Waals surface area contributed by atoms with Gasteiger partial charge in [0.2, 0.25) is 11.8 Å². The number of thiazole rings is 1. The van der Waals surface area contributed by atoms with Crippen molar-refractivity contribution in [2.24, 2.45) is 11.8 Å². The second kappa shape index (κ2) is 9.44. The average Bonchev–Trinajstić information content (AvgIpc) is 3.48. The van der Waals surface area contributed by atoms with Gasteiger partial charge in [0.15, 0.2) is 0 Å². The van der Waals surface area contributed by atoms with E-state index in [9.17, 15) is 13.6 Å². The number of aryl methyl sites for hydroxylation is 1. The Morgan fingerprint density at radius 1 is 1.11 bits per heavy atom. The Balaban J connectivity index is 1.29. The molecule has 36 heavy (non-hydrogen) atoms. The molecule has 3 fully saturated rings. The van der Waals surface area contributed by atoms with Gasteiger partial charge in [-0.05, 0) is 50.0 Å². The number of rotatable bonds is 3. The number of quaternary nitrogens is 2. The molecule has 1 aromatic heterocycles. The average molecular weight is 517 g/mol. The summed E-state index contributed by atoms with van der Waals surface area (Å²) < 4.78 is 28.2. The SMILES string of the molecule is Cc1nc2c(s1)[C@]1(C[NH2+]C2)C[NH2+]C[C@H]1C(=O)N1CC[C@@H](c2ccccc2)C[C@H]1C1CCC(F)(F)CC1. The molecule has 4 N–H and O–H groups in total. The van der Waals surface area contributed by atoms with E-state index in [0.29, 0.717) is 18.8 Å². The normalized spacial score (nSPS) is 32.5. The zero-order chi connectivity index (χ0) is 24.9. The van der Waals surface area contributed by atoms with Gasteiger partial charge < -0.3 is 15.5 Å². The molecule has 0 unspecified atom stereocenters. The fourth-order valence-electron chi connectivity index (χ4n) is 7.64. The third-order valence-electron chi connectivity index (χ3n) is 9.48. The summed E-state index contributed by atoms with van der Waals surface area (Å²) in [6, 6.07) is 10.6. The van der Waals surface area contributed by atoms with Crippen LogP contribution in [0, 0.1) is 18.8 Å². The molecule has 2 aromatic rings. The fraction of sp³-hybridized carbons (Fsp3) is 0.643. The van der Waals surface area contributed by atoms with Crippen molar-refractivity contribution < 1.29 is 24.2 Å². The second-order valence-corrected chi connectivity index (χ2v) is 12.8. The number of amides is 1. The van der Waals surface area contributed by atoms with Gasteiger partial charge in [-0.2, -0.15) is 0 Å². The summed E-state index contributed by atoms with van der Waals surface area (Å²) in [6.45, 7) is 6.34. The maximum Gasteiger partial charge on any atom is 0.248 e. The number of nitrogens with zero attached hydrogens (tertiary/aromatic N) is 2. The van der Waals surface area contributed by atoms with Crippen LogP contribution in [0.5, 0.6) is 0 Å². The molecule has 4 heterocycles. The lowest BCUT2D eigenvalue weighted by Gasteiger charge is -2.47. The number of carbonyl (C=O) groups is 1. The van der Waals surface area contributed by atoms with Gasteiger partial charge in [0.05, 0.1) is 29.5 Å². The van der Waals surface area contributed by atoms with Crippen molar-refractivity contribution in [2.75, 3.05) is 26.2 Å². The number of benzene rings is 1. The topological polar surface area (TPSA) is 66.4 Å². The molecular weight excluding hydrogens is 478 g/mol. The molecule has 0 radical (unpaired) electrons. The predicted octanol–water partition coefficient (Wildman–Crippen LogP) is 2.56. The summed E-state index contributed by atoms with van der Waals surface area (Å²) >= 11 is 1.78. The minimum absolute atomic E-state index is 0.0421. The number of aromatic nitrogens is 1. The summed E-state index contributed by atoms with van der Waals surface area (Å²) in [6.07, 6.45) is 2.74. The molecule has 2 saturated heterocycles. The molecule has 3 aliphatic heterocycles. The number of hydrogen-bond acceptors (Lipinski definition) is 3. The quantitative estimate of drug-likeness (QED) is 0.659. The van der Waals surface area contributed by atoms with Crippen LogP contribution in [0.15, 0.2) is 30.3 Å². The molecule has 4 atom stereocenters. The van der Waals surface area contributed by atoms with E-state index >= 15 is 0 Å². The number of nitrogens with two attached hydrogens (primary N) is 2. The van der Waals surface area contributed by atoms with Crippen LogP contribution in [0.1, 0.15) is 65.6 Å². The van der Waals surface area contributed by atoms with Gasteiger partial charge in [-0.25, -0.2) is 13.8 Å². The Labute approximate surface area is 216 Å². The fourth-order valence-corrected chi connectivity index (χ4v) is 8.85. The number of hydrogen-bond donors (Lipinski definition) is 2. The van der Waals surface area contributed by atoms with Crippen LogP contribution < -0.4 is 10.6 Å². The molecule has 1 saturated carbocycles. The Kier molecular flexibility index (Phi) is 6.41. The molecule has 1 spiro atoms. The van der Waals surface area contributed by atoms with E-state index in [2.05, 4.69) is 46.7 Å². The van der Waals surface area contributed by atoms with Crippen LogP contribution in [0.4, 0.5) is 8.78 Å². The molecule has 0 bridgehead atoms. The van der Waals surface area contributed by atoms with Crippen molar-refractivity contribution in [3.05, 3.63) is 51.5 Å². The lowest BCUT2D eigenvalue weighted by molar-refractivity contribution is -0.691. The molecule has 6 rings (SSSR count). The number of carbonyl (C=O) groups excluding carboxylic acids is 1. The van der Waals surface area contributed by atoms with Crippen molar-refractivity contribution >= 4 is 17.2 Å². The number of likely N-dealkylation sites (tertiary alicyclic amines) is 1. The van der Waals surface area contributed by atoms with E-state index < -0.39 is 5.92 Å². The maximum absolute atomic E-state index is 14.4. The standard InChI is InChI=1S/C28H36F2N4OS/c1-18-33-23-15-32-17-27(25(23)36-18)16-31-14-22(27)26(35)34-12-9-21(19-5-3-2-4-6-19)13-24(34)20-7-10-28(29,30)11-8-20/h2-6,20-22,24,31-32H,7-17H2,1H3/p+2/t21-,22+,24+,27+/m1/s1. The molecular formula is C28H38F2N4OS+2. The summed E-state index contributed by atoms with van der Waals surface area (Å²) in [5.41, 5.74) is 2.30.